The van der Waals surface area contributed by atoms with Crippen LogP contribution in [0.25, 0.3) is 0 Å². The number of rotatable bonds is 4. The summed E-state index contributed by atoms with van der Waals surface area (Å²) in [4.78, 5) is 0. The van der Waals surface area contributed by atoms with Gasteiger partial charge in [0.05, 0.1) is 0 Å². The molecule has 0 aliphatic carbocycles. The van der Waals surface area contributed by atoms with Crippen LogP contribution in [-0.4, -0.2) is 15.1 Å². The molecule has 0 heterocycles. The summed E-state index contributed by atoms with van der Waals surface area (Å²) in [6, 6.07) is 0. The van der Waals surface area contributed by atoms with Gasteiger partial charge in [-0.15, -0.1) is 23.5 Å². The van der Waals surface area contributed by atoms with E-state index in [4.69, 9.17) is 0 Å². The second-order valence-corrected chi connectivity index (χ2v) is 7.58. The molecule has 0 rings (SSSR count). The van der Waals surface area contributed by atoms with E-state index in [1.165, 1.54) is 12.2 Å². The fraction of sp³-hybridized carbons (Fsp3) is 1.00. The van der Waals surface area contributed by atoms with Crippen molar-refractivity contribution in [2.75, 3.05) is 5.75 Å². The average Bonchev–Trinajstić information content (AvgIpc) is 1.79. The molecule has 11 heavy (non-hydrogen) atoms. The van der Waals surface area contributed by atoms with Crippen molar-refractivity contribution in [1.82, 2.24) is 0 Å². The topological polar surface area (TPSA) is 0 Å². The predicted molar refractivity (Wildman–Crippen MR) is 59.6 cm³/mol. The van der Waals surface area contributed by atoms with Crippen LogP contribution >= 0.6 is 23.5 Å². The fourth-order valence-electron chi connectivity index (χ4n) is 0.816. The molecule has 1 atom stereocenters. The van der Waals surface area contributed by atoms with Crippen molar-refractivity contribution in [3.05, 3.63) is 0 Å². The molecule has 0 radical (unpaired) electrons. The maximum Gasteiger partial charge on any atom is 0.0479 e. The monoisotopic (exact) mass is 192 g/mol. The van der Waals surface area contributed by atoms with E-state index in [2.05, 4.69) is 58.1 Å². The summed E-state index contributed by atoms with van der Waals surface area (Å²) in [5.74, 6) is 1.30. The summed E-state index contributed by atoms with van der Waals surface area (Å²) in [5, 5.41) is 0. The molecule has 0 N–H and O–H groups in total. The first-order chi connectivity index (χ1) is 4.95. The maximum absolute atomic E-state index is 2.30. The zero-order valence-corrected chi connectivity index (χ0v) is 9.94. The minimum absolute atomic E-state index is 0.417. The Balaban J connectivity index is 3.44. The number of hydrogen-bond donors (Lipinski definition) is 0. The summed E-state index contributed by atoms with van der Waals surface area (Å²) < 4.78 is 1.16. The van der Waals surface area contributed by atoms with Gasteiger partial charge in [-0.1, -0.05) is 27.7 Å². The van der Waals surface area contributed by atoms with Crippen LogP contribution in [0.1, 0.15) is 41.0 Å². The first kappa shape index (κ1) is 11.7. The van der Waals surface area contributed by atoms with Crippen molar-refractivity contribution in [2.24, 2.45) is 0 Å². The molecule has 0 saturated carbocycles. The first-order valence-corrected chi connectivity index (χ1v) is 6.18. The smallest absolute Gasteiger partial charge is 0.0479 e. The summed E-state index contributed by atoms with van der Waals surface area (Å²) in [6.07, 6.45) is 1.29. The third-order valence-corrected chi connectivity index (χ3v) is 3.93. The minimum atomic E-state index is 0.417. The third-order valence-electron chi connectivity index (χ3n) is 1.08. The van der Waals surface area contributed by atoms with Crippen molar-refractivity contribution in [1.29, 1.82) is 0 Å². The molecule has 0 aliphatic heterocycles. The average molecular weight is 192 g/mol. The van der Waals surface area contributed by atoms with Gasteiger partial charge in [0, 0.05) is 9.33 Å². The van der Waals surface area contributed by atoms with E-state index in [1.54, 1.807) is 0 Å². The molecule has 68 valence electrons. The molecular formula is C9H20S2. The predicted octanol–water partition coefficient (Wildman–Crippen LogP) is 4.01. The van der Waals surface area contributed by atoms with Crippen LogP contribution in [0.5, 0.6) is 0 Å². The SMILES string of the molecule is CCCSC(C)SC(C)(C)C. The summed E-state index contributed by atoms with van der Waals surface area (Å²) in [6.45, 7) is 11.4. The molecule has 0 aromatic heterocycles. The van der Waals surface area contributed by atoms with E-state index in [-0.39, 0.29) is 0 Å². The van der Waals surface area contributed by atoms with Gasteiger partial charge < -0.3 is 0 Å². The molecule has 0 saturated heterocycles. The number of hydrogen-bond acceptors (Lipinski definition) is 2. The summed E-state index contributed by atoms with van der Waals surface area (Å²) in [7, 11) is 0. The van der Waals surface area contributed by atoms with Gasteiger partial charge >= 0.3 is 0 Å². The molecule has 0 fully saturated rings. The lowest BCUT2D eigenvalue weighted by atomic mass is 10.3. The molecule has 0 bridgehead atoms. The van der Waals surface area contributed by atoms with Gasteiger partial charge in [0.15, 0.2) is 0 Å². The highest BCUT2D eigenvalue weighted by Crippen LogP contribution is 2.33. The van der Waals surface area contributed by atoms with Crippen molar-refractivity contribution in [3.63, 3.8) is 0 Å². The van der Waals surface area contributed by atoms with Crippen LogP contribution in [0.2, 0.25) is 0 Å². The molecular weight excluding hydrogens is 172 g/mol. The van der Waals surface area contributed by atoms with E-state index >= 15 is 0 Å². The summed E-state index contributed by atoms with van der Waals surface area (Å²) >= 11 is 4.13. The molecule has 1 unspecified atom stereocenters. The highest BCUT2D eigenvalue weighted by Gasteiger charge is 2.15. The van der Waals surface area contributed by atoms with Crippen molar-refractivity contribution in [2.45, 2.75) is 50.4 Å². The quantitative estimate of drug-likeness (QED) is 0.617. The molecule has 0 amide bonds. The minimum Gasteiger partial charge on any atom is -0.148 e. The number of thioether (sulfide) groups is 2. The lowest BCUT2D eigenvalue weighted by Gasteiger charge is -2.22. The van der Waals surface area contributed by atoms with Gasteiger partial charge in [-0.3, -0.25) is 0 Å². The fourth-order valence-corrected chi connectivity index (χ4v) is 3.81. The van der Waals surface area contributed by atoms with Gasteiger partial charge in [0.1, 0.15) is 0 Å². The molecule has 0 aromatic carbocycles. The second kappa shape index (κ2) is 5.36. The Bertz CT molecular complexity index is 94.2. The zero-order valence-electron chi connectivity index (χ0n) is 8.31. The third kappa shape index (κ3) is 8.61. The lowest BCUT2D eigenvalue weighted by Crippen LogP contribution is -2.11. The Labute approximate surface area is 79.9 Å². The maximum atomic E-state index is 2.30. The van der Waals surface area contributed by atoms with Gasteiger partial charge in [-0.05, 0) is 19.1 Å². The van der Waals surface area contributed by atoms with Crippen LogP contribution in [0.4, 0.5) is 0 Å². The molecule has 2 heteroatoms. The molecule has 0 nitrogen and oxygen atoms in total. The molecule has 0 aromatic rings. The molecule has 0 spiro atoms. The largest absolute Gasteiger partial charge is 0.148 e. The Kier molecular flexibility index (Phi) is 5.71. The van der Waals surface area contributed by atoms with Gasteiger partial charge in [0.2, 0.25) is 0 Å². The summed E-state index contributed by atoms with van der Waals surface area (Å²) in [5.41, 5.74) is 0. The highest BCUT2D eigenvalue weighted by atomic mass is 32.2. The van der Waals surface area contributed by atoms with Crippen LogP contribution in [-0.2, 0) is 0 Å². The highest BCUT2D eigenvalue weighted by molar-refractivity contribution is 8.17. The van der Waals surface area contributed by atoms with Gasteiger partial charge in [0.25, 0.3) is 0 Å². The Hall–Kier alpha value is 0.700. The second-order valence-electron chi connectivity index (χ2n) is 3.67. The van der Waals surface area contributed by atoms with Crippen LogP contribution < -0.4 is 0 Å². The van der Waals surface area contributed by atoms with Crippen molar-refractivity contribution in [3.8, 4) is 0 Å². The van der Waals surface area contributed by atoms with Gasteiger partial charge in [-0.25, -0.2) is 0 Å². The Morgan fingerprint density at radius 3 is 2.18 bits per heavy atom. The van der Waals surface area contributed by atoms with E-state index < -0.39 is 0 Å². The van der Waals surface area contributed by atoms with E-state index in [0.717, 1.165) is 4.58 Å². The Morgan fingerprint density at radius 2 is 1.82 bits per heavy atom. The van der Waals surface area contributed by atoms with Crippen LogP contribution in [0.3, 0.4) is 0 Å². The van der Waals surface area contributed by atoms with E-state index in [0.29, 0.717) is 4.75 Å². The molecule has 0 aliphatic rings. The van der Waals surface area contributed by atoms with Gasteiger partial charge in [-0.2, -0.15) is 0 Å². The normalized spacial score (nSPS) is 15.0. The van der Waals surface area contributed by atoms with Crippen LogP contribution in [0, 0.1) is 0 Å². The lowest BCUT2D eigenvalue weighted by molar-refractivity contribution is 0.802. The zero-order chi connectivity index (χ0) is 8.91. The van der Waals surface area contributed by atoms with Crippen molar-refractivity contribution < 1.29 is 0 Å². The van der Waals surface area contributed by atoms with E-state index in [1.807, 2.05) is 0 Å². The van der Waals surface area contributed by atoms with Crippen molar-refractivity contribution >= 4 is 23.5 Å². The first-order valence-electron chi connectivity index (χ1n) is 4.25. The Morgan fingerprint density at radius 1 is 1.27 bits per heavy atom. The van der Waals surface area contributed by atoms with Crippen LogP contribution in [0.15, 0.2) is 0 Å². The van der Waals surface area contributed by atoms with E-state index in [9.17, 15) is 0 Å². The standard InChI is InChI=1S/C9H20S2/c1-6-7-10-8(2)11-9(3,4)5/h8H,6-7H2,1-5H3.